The van der Waals surface area contributed by atoms with Gasteiger partial charge in [-0.2, -0.15) is 0 Å². The van der Waals surface area contributed by atoms with Crippen LogP contribution < -0.4 is 5.73 Å². The van der Waals surface area contributed by atoms with Crippen molar-refractivity contribution in [1.82, 2.24) is 0 Å². The first-order valence-corrected chi connectivity index (χ1v) is 5.73. The van der Waals surface area contributed by atoms with Crippen LogP contribution in [0.4, 0.5) is 0 Å². The maximum Gasteiger partial charge on any atom is -0.00426 e. The minimum atomic E-state index is 0.792. The van der Waals surface area contributed by atoms with Gasteiger partial charge in [0.15, 0.2) is 0 Å². The first kappa shape index (κ1) is 10.8. The molecule has 1 aliphatic carbocycles. The fourth-order valence-corrected chi connectivity index (χ4v) is 2.17. The van der Waals surface area contributed by atoms with Crippen LogP contribution in [0.1, 0.15) is 45.4 Å². The Hall–Kier alpha value is -0.300. The molecule has 2 N–H and O–H groups in total. The van der Waals surface area contributed by atoms with E-state index in [0.717, 1.165) is 24.8 Å². The minimum Gasteiger partial charge on any atom is -0.330 e. The maximum absolute atomic E-state index is 5.44. The van der Waals surface area contributed by atoms with Gasteiger partial charge in [-0.3, -0.25) is 0 Å². The van der Waals surface area contributed by atoms with Crippen molar-refractivity contribution >= 4 is 0 Å². The molecule has 13 heavy (non-hydrogen) atoms. The average molecular weight is 181 g/mol. The third kappa shape index (κ3) is 3.95. The summed E-state index contributed by atoms with van der Waals surface area (Å²) >= 11 is 0. The third-order valence-corrected chi connectivity index (χ3v) is 3.21. The number of rotatable bonds is 4. The Morgan fingerprint density at radius 2 is 1.92 bits per heavy atom. The van der Waals surface area contributed by atoms with Gasteiger partial charge in [0, 0.05) is 0 Å². The van der Waals surface area contributed by atoms with Crippen LogP contribution in [0, 0.1) is 11.8 Å². The van der Waals surface area contributed by atoms with E-state index in [0.29, 0.717) is 0 Å². The van der Waals surface area contributed by atoms with Gasteiger partial charge in [0.25, 0.3) is 0 Å². The second-order valence-electron chi connectivity index (χ2n) is 4.19. The predicted molar refractivity (Wildman–Crippen MR) is 58.6 cm³/mol. The summed E-state index contributed by atoms with van der Waals surface area (Å²) in [6.07, 6.45) is 12.8. The summed E-state index contributed by atoms with van der Waals surface area (Å²) in [5.74, 6) is 1.87. The average Bonchev–Trinajstić information content (AvgIpc) is 2.19. The summed E-state index contributed by atoms with van der Waals surface area (Å²) in [4.78, 5) is 0. The van der Waals surface area contributed by atoms with E-state index < -0.39 is 0 Å². The molecular formula is C12H23N. The van der Waals surface area contributed by atoms with Crippen LogP contribution in [0.15, 0.2) is 12.2 Å². The molecule has 0 aliphatic heterocycles. The molecule has 1 rings (SSSR count). The summed E-state index contributed by atoms with van der Waals surface area (Å²) in [5.41, 5.74) is 5.44. The Labute approximate surface area is 82.4 Å². The zero-order valence-electron chi connectivity index (χ0n) is 8.84. The van der Waals surface area contributed by atoms with Gasteiger partial charge >= 0.3 is 0 Å². The molecule has 0 radical (unpaired) electrons. The largest absolute Gasteiger partial charge is 0.330 e. The SMILES string of the molecule is CCC1CCC(/C=C/CCN)CC1. The van der Waals surface area contributed by atoms with Crippen molar-refractivity contribution in [3.05, 3.63) is 12.2 Å². The smallest absolute Gasteiger partial charge is 0.00426 e. The van der Waals surface area contributed by atoms with Crippen LogP contribution >= 0.6 is 0 Å². The Balaban J connectivity index is 2.17. The molecule has 0 heterocycles. The Kier molecular flexibility index (Phi) is 5.14. The minimum absolute atomic E-state index is 0.792. The van der Waals surface area contributed by atoms with E-state index in [4.69, 9.17) is 5.73 Å². The van der Waals surface area contributed by atoms with Crippen molar-refractivity contribution in [2.75, 3.05) is 6.54 Å². The second-order valence-corrected chi connectivity index (χ2v) is 4.19. The lowest BCUT2D eigenvalue weighted by molar-refractivity contribution is 0.303. The van der Waals surface area contributed by atoms with Crippen LogP contribution in [0.2, 0.25) is 0 Å². The fraction of sp³-hybridized carbons (Fsp3) is 0.833. The highest BCUT2D eigenvalue weighted by molar-refractivity contribution is 4.90. The molecule has 1 heteroatoms. The number of hydrogen-bond acceptors (Lipinski definition) is 1. The van der Waals surface area contributed by atoms with Gasteiger partial charge < -0.3 is 5.73 Å². The van der Waals surface area contributed by atoms with Gasteiger partial charge in [-0.25, -0.2) is 0 Å². The summed E-state index contributed by atoms with van der Waals surface area (Å²) in [7, 11) is 0. The van der Waals surface area contributed by atoms with E-state index in [1.54, 1.807) is 0 Å². The highest BCUT2D eigenvalue weighted by Gasteiger charge is 2.17. The molecule has 0 aromatic carbocycles. The molecule has 0 aromatic heterocycles. The molecule has 0 bridgehead atoms. The Morgan fingerprint density at radius 3 is 2.46 bits per heavy atom. The molecule has 0 amide bonds. The maximum atomic E-state index is 5.44. The van der Waals surface area contributed by atoms with E-state index in [-0.39, 0.29) is 0 Å². The normalized spacial score (nSPS) is 29.7. The van der Waals surface area contributed by atoms with Crippen molar-refractivity contribution in [2.24, 2.45) is 17.6 Å². The summed E-state index contributed by atoms with van der Waals surface area (Å²) < 4.78 is 0. The van der Waals surface area contributed by atoms with Crippen molar-refractivity contribution in [2.45, 2.75) is 45.4 Å². The van der Waals surface area contributed by atoms with Gasteiger partial charge in [0.05, 0.1) is 0 Å². The van der Waals surface area contributed by atoms with Gasteiger partial charge in [0.1, 0.15) is 0 Å². The third-order valence-electron chi connectivity index (χ3n) is 3.21. The number of hydrogen-bond donors (Lipinski definition) is 1. The van der Waals surface area contributed by atoms with Crippen molar-refractivity contribution in [1.29, 1.82) is 0 Å². The van der Waals surface area contributed by atoms with E-state index in [1.807, 2.05) is 0 Å². The molecule has 0 unspecified atom stereocenters. The van der Waals surface area contributed by atoms with Crippen LogP contribution in [0.25, 0.3) is 0 Å². The van der Waals surface area contributed by atoms with Crippen molar-refractivity contribution in [3.8, 4) is 0 Å². The number of allylic oxidation sites excluding steroid dienone is 1. The lowest BCUT2D eigenvalue weighted by Gasteiger charge is -2.25. The molecule has 0 aromatic rings. The number of nitrogens with two attached hydrogens (primary N) is 1. The van der Waals surface area contributed by atoms with Crippen LogP contribution in [-0.2, 0) is 0 Å². The zero-order chi connectivity index (χ0) is 9.52. The lowest BCUT2D eigenvalue weighted by Crippen LogP contribution is -2.12. The second kappa shape index (κ2) is 6.20. The Bertz CT molecular complexity index is 143. The molecule has 1 nitrogen and oxygen atoms in total. The first-order valence-electron chi connectivity index (χ1n) is 5.73. The standard InChI is InChI=1S/C12H23N/c1-2-11-6-8-12(9-7-11)5-3-4-10-13/h3,5,11-12H,2,4,6-10,13H2,1H3/b5-3+. The summed E-state index contributed by atoms with van der Waals surface area (Å²) in [6.45, 7) is 3.11. The van der Waals surface area contributed by atoms with Gasteiger partial charge in [0.2, 0.25) is 0 Å². The van der Waals surface area contributed by atoms with Crippen LogP contribution in [-0.4, -0.2) is 6.54 Å². The fourth-order valence-electron chi connectivity index (χ4n) is 2.17. The van der Waals surface area contributed by atoms with E-state index in [2.05, 4.69) is 19.1 Å². The first-order chi connectivity index (χ1) is 6.36. The summed E-state index contributed by atoms with van der Waals surface area (Å²) in [5, 5.41) is 0. The molecule has 76 valence electrons. The molecule has 1 saturated carbocycles. The van der Waals surface area contributed by atoms with Crippen molar-refractivity contribution in [3.63, 3.8) is 0 Å². The van der Waals surface area contributed by atoms with E-state index >= 15 is 0 Å². The van der Waals surface area contributed by atoms with E-state index in [1.165, 1.54) is 32.1 Å². The lowest BCUT2D eigenvalue weighted by atomic mass is 9.81. The summed E-state index contributed by atoms with van der Waals surface area (Å²) in [6, 6.07) is 0. The molecule has 0 saturated heterocycles. The molecule has 1 aliphatic rings. The molecule has 1 fully saturated rings. The van der Waals surface area contributed by atoms with Crippen LogP contribution in [0.3, 0.4) is 0 Å². The topological polar surface area (TPSA) is 26.0 Å². The van der Waals surface area contributed by atoms with E-state index in [9.17, 15) is 0 Å². The monoisotopic (exact) mass is 181 g/mol. The predicted octanol–water partition coefficient (Wildman–Crippen LogP) is 3.11. The molecular weight excluding hydrogens is 158 g/mol. The van der Waals surface area contributed by atoms with Crippen molar-refractivity contribution < 1.29 is 0 Å². The van der Waals surface area contributed by atoms with Gasteiger partial charge in [-0.15, -0.1) is 0 Å². The van der Waals surface area contributed by atoms with Gasteiger partial charge in [-0.1, -0.05) is 25.5 Å². The van der Waals surface area contributed by atoms with Crippen LogP contribution in [0.5, 0.6) is 0 Å². The molecule has 0 spiro atoms. The highest BCUT2D eigenvalue weighted by atomic mass is 14.5. The van der Waals surface area contributed by atoms with Gasteiger partial charge in [-0.05, 0) is 50.5 Å². The zero-order valence-corrected chi connectivity index (χ0v) is 8.84. The molecule has 0 atom stereocenters. The quantitative estimate of drug-likeness (QED) is 0.663. The highest BCUT2D eigenvalue weighted by Crippen LogP contribution is 2.31. The Morgan fingerprint density at radius 1 is 1.23 bits per heavy atom.